The lowest BCUT2D eigenvalue weighted by Crippen LogP contribution is -2.40. The molecule has 1 heterocycles. The number of hydrogen-bond acceptors (Lipinski definition) is 4. The summed E-state index contributed by atoms with van der Waals surface area (Å²) in [5.41, 5.74) is -0.119. The summed E-state index contributed by atoms with van der Waals surface area (Å²) in [5.74, 6) is 5.06. The molecule has 0 saturated heterocycles. The van der Waals surface area contributed by atoms with Crippen LogP contribution in [0.2, 0.25) is 0 Å². The first-order valence-electron chi connectivity index (χ1n) is 5.33. The van der Waals surface area contributed by atoms with E-state index in [0.717, 1.165) is 0 Å². The van der Waals surface area contributed by atoms with Crippen molar-refractivity contribution in [1.29, 1.82) is 0 Å². The van der Waals surface area contributed by atoms with Crippen molar-refractivity contribution in [2.24, 2.45) is 0 Å². The molecule has 98 valence electrons. The van der Waals surface area contributed by atoms with Gasteiger partial charge in [-0.2, -0.15) is 0 Å². The number of nitrogens with one attached hydrogen (secondary N) is 1. The Kier molecular flexibility index (Phi) is 4.46. The zero-order valence-corrected chi connectivity index (χ0v) is 11.4. The number of aliphatic hydroxyl groups is 1. The second-order valence-electron chi connectivity index (χ2n) is 4.72. The van der Waals surface area contributed by atoms with Gasteiger partial charge in [-0.05, 0) is 26.8 Å². The van der Waals surface area contributed by atoms with Crippen molar-refractivity contribution in [3.63, 3.8) is 0 Å². The van der Waals surface area contributed by atoms with Gasteiger partial charge in [-0.1, -0.05) is 11.8 Å². The van der Waals surface area contributed by atoms with Crippen LogP contribution in [0.4, 0.5) is 0 Å². The maximum absolute atomic E-state index is 12.0. The van der Waals surface area contributed by atoms with Gasteiger partial charge in [0.25, 0.3) is 0 Å². The number of aliphatic hydroxyl groups excluding tert-OH is 1. The Morgan fingerprint density at radius 1 is 1.39 bits per heavy atom. The molecule has 0 fully saturated rings. The number of sulfonamides is 1. The molecular formula is C12H16N2O3S. The Morgan fingerprint density at radius 3 is 2.61 bits per heavy atom. The van der Waals surface area contributed by atoms with Crippen molar-refractivity contribution >= 4 is 10.0 Å². The van der Waals surface area contributed by atoms with E-state index < -0.39 is 15.6 Å². The minimum atomic E-state index is -3.61. The first-order chi connectivity index (χ1) is 8.24. The van der Waals surface area contributed by atoms with Gasteiger partial charge < -0.3 is 5.11 Å². The fourth-order valence-electron chi connectivity index (χ4n) is 1.24. The molecule has 6 heteroatoms. The number of hydrogen-bond donors (Lipinski definition) is 2. The van der Waals surface area contributed by atoms with E-state index in [2.05, 4.69) is 21.5 Å². The molecule has 0 spiro atoms. The third-order valence-corrected chi connectivity index (χ3v) is 3.50. The average Bonchev–Trinajstić information content (AvgIpc) is 2.23. The van der Waals surface area contributed by atoms with Gasteiger partial charge in [0.2, 0.25) is 10.0 Å². The molecule has 5 nitrogen and oxygen atoms in total. The van der Waals surface area contributed by atoms with Gasteiger partial charge in [0.15, 0.2) is 0 Å². The lowest BCUT2D eigenvalue weighted by Gasteiger charge is -2.20. The molecule has 1 rings (SSSR count). The second-order valence-corrected chi connectivity index (χ2v) is 6.41. The van der Waals surface area contributed by atoms with E-state index in [9.17, 15) is 8.42 Å². The summed E-state index contributed by atoms with van der Waals surface area (Å²) < 4.78 is 26.6. The number of nitrogens with zero attached hydrogens (tertiary/aromatic N) is 1. The van der Waals surface area contributed by atoms with E-state index in [1.807, 2.05) is 0 Å². The van der Waals surface area contributed by atoms with Crippen molar-refractivity contribution in [2.45, 2.75) is 31.2 Å². The van der Waals surface area contributed by atoms with Crippen LogP contribution in [0.3, 0.4) is 0 Å². The molecule has 0 radical (unpaired) electrons. The van der Waals surface area contributed by atoms with Crippen LogP contribution in [0.25, 0.3) is 0 Å². The van der Waals surface area contributed by atoms with Crippen LogP contribution in [0.5, 0.6) is 0 Å². The van der Waals surface area contributed by atoms with Crippen LogP contribution in [0.1, 0.15) is 26.3 Å². The minimum Gasteiger partial charge on any atom is -0.384 e. The zero-order valence-electron chi connectivity index (χ0n) is 10.6. The van der Waals surface area contributed by atoms with Gasteiger partial charge in [-0.15, -0.1) is 0 Å². The average molecular weight is 268 g/mol. The summed E-state index contributed by atoms with van der Waals surface area (Å²) in [4.78, 5) is 3.89. The highest BCUT2D eigenvalue weighted by Gasteiger charge is 2.22. The van der Waals surface area contributed by atoms with Crippen LogP contribution in [-0.2, 0) is 10.0 Å². The first-order valence-corrected chi connectivity index (χ1v) is 6.82. The van der Waals surface area contributed by atoms with Crippen molar-refractivity contribution in [3.05, 3.63) is 24.0 Å². The van der Waals surface area contributed by atoms with Crippen LogP contribution >= 0.6 is 0 Å². The summed E-state index contributed by atoms with van der Waals surface area (Å²) in [6.07, 6.45) is 2.71. The second kappa shape index (κ2) is 5.48. The highest BCUT2D eigenvalue weighted by molar-refractivity contribution is 7.89. The predicted octanol–water partition coefficient (Wildman–Crippen LogP) is 0.502. The van der Waals surface area contributed by atoms with E-state index in [1.165, 1.54) is 18.5 Å². The standard InChI is InChI=1S/C12H16N2O3S/c1-12(2,3)14-18(16,17)11-7-10(5-4-6-15)8-13-9-11/h7-9,14-15H,6H2,1-3H3. The summed E-state index contributed by atoms with van der Waals surface area (Å²) in [5, 5.41) is 8.58. The van der Waals surface area contributed by atoms with Crippen LogP contribution < -0.4 is 4.72 Å². The highest BCUT2D eigenvalue weighted by Crippen LogP contribution is 2.12. The van der Waals surface area contributed by atoms with E-state index in [1.54, 1.807) is 20.8 Å². The number of rotatable bonds is 2. The first kappa shape index (κ1) is 14.6. The summed E-state index contributed by atoms with van der Waals surface area (Å²) in [6.45, 7) is 4.99. The Balaban J connectivity index is 3.10. The van der Waals surface area contributed by atoms with E-state index in [-0.39, 0.29) is 11.5 Å². The molecule has 18 heavy (non-hydrogen) atoms. The molecule has 0 saturated carbocycles. The van der Waals surface area contributed by atoms with Crippen LogP contribution in [0.15, 0.2) is 23.4 Å². The molecule has 2 N–H and O–H groups in total. The quantitative estimate of drug-likeness (QED) is 0.766. The zero-order chi connectivity index (χ0) is 13.8. The number of pyridine rings is 1. The fourth-order valence-corrected chi connectivity index (χ4v) is 2.64. The Hall–Kier alpha value is -1.42. The Morgan fingerprint density at radius 2 is 2.06 bits per heavy atom. The molecule has 0 aliphatic carbocycles. The maximum atomic E-state index is 12.0. The molecule has 0 unspecified atom stereocenters. The molecule has 0 amide bonds. The monoisotopic (exact) mass is 268 g/mol. The Labute approximate surface area is 107 Å². The molecule has 0 aliphatic heterocycles. The molecule has 0 aromatic carbocycles. The van der Waals surface area contributed by atoms with Gasteiger partial charge in [0.1, 0.15) is 11.5 Å². The third kappa shape index (κ3) is 4.45. The van der Waals surface area contributed by atoms with Crippen LogP contribution in [-0.4, -0.2) is 30.7 Å². The topological polar surface area (TPSA) is 79.3 Å². The lowest BCUT2D eigenvalue weighted by molar-refractivity contribution is 0.350. The van der Waals surface area contributed by atoms with Gasteiger partial charge >= 0.3 is 0 Å². The van der Waals surface area contributed by atoms with Crippen molar-refractivity contribution in [1.82, 2.24) is 9.71 Å². The molecular weight excluding hydrogens is 252 g/mol. The highest BCUT2D eigenvalue weighted by atomic mass is 32.2. The SMILES string of the molecule is CC(C)(C)NS(=O)(=O)c1cncc(C#CCO)c1. The fraction of sp³-hybridized carbons (Fsp3) is 0.417. The van der Waals surface area contributed by atoms with Crippen molar-refractivity contribution in [2.75, 3.05) is 6.61 Å². The minimum absolute atomic E-state index is 0.0576. The molecule has 0 aliphatic rings. The van der Waals surface area contributed by atoms with E-state index in [4.69, 9.17) is 5.11 Å². The van der Waals surface area contributed by atoms with Gasteiger partial charge in [-0.25, -0.2) is 13.1 Å². The van der Waals surface area contributed by atoms with E-state index >= 15 is 0 Å². The van der Waals surface area contributed by atoms with Crippen molar-refractivity contribution in [3.8, 4) is 11.8 Å². The summed E-state index contributed by atoms with van der Waals surface area (Å²) >= 11 is 0. The molecule has 1 aromatic heterocycles. The number of aromatic nitrogens is 1. The normalized spacial score (nSPS) is 11.8. The third-order valence-electron chi connectivity index (χ3n) is 1.78. The molecule has 1 aromatic rings. The Bertz CT molecular complexity index is 577. The van der Waals surface area contributed by atoms with E-state index in [0.29, 0.717) is 5.56 Å². The molecule has 0 bridgehead atoms. The van der Waals surface area contributed by atoms with Crippen LogP contribution in [0, 0.1) is 11.8 Å². The maximum Gasteiger partial charge on any atom is 0.242 e. The predicted molar refractivity (Wildman–Crippen MR) is 68.3 cm³/mol. The largest absolute Gasteiger partial charge is 0.384 e. The smallest absolute Gasteiger partial charge is 0.242 e. The summed E-state index contributed by atoms with van der Waals surface area (Å²) in [7, 11) is -3.61. The lowest BCUT2D eigenvalue weighted by atomic mass is 10.1. The van der Waals surface area contributed by atoms with Crippen molar-refractivity contribution < 1.29 is 13.5 Å². The summed E-state index contributed by atoms with van der Waals surface area (Å²) in [6, 6.07) is 1.42. The van der Waals surface area contributed by atoms with Gasteiger partial charge in [0, 0.05) is 23.5 Å². The van der Waals surface area contributed by atoms with Gasteiger partial charge in [0.05, 0.1) is 0 Å². The molecule has 0 atom stereocenters. The van der Waals surface area contributed by atoms with Gasteiger partial charge in [-0.3, -0.25) is 4.98 Å².